The standard InChI is InChI=1S/C25H29N5O4/c1-16-20(29-23(32)27-16)21(31)18-10-12-19(13-11-18)28-22(30-24(33)34-25(2,3)4)26-15-14-17-8-6-5-7-9-17/h5-13H,14-15H2,1-4H3,(H2,27,29,32)(H2,26,28,30,33). The smallest absolute Gasteiger partial charge is 0.414 e. The molecule has 3 rings (SSSR count). The first kappa shape index (κ1) is 24.5. The first-order valence-electron chi connectivity index (χ1n) is 10.9. The number of nitrogens with zero attached hydrogens (tertiary/aromatic N) is 1. The quantitative estimate of drug-likeness (QED) is 0.251. The van der Waals surface area contributed by atoms with Crippen molar-refractivity contribution in [2.24, 2.45) is 4.99 Å². The van der Waals surface area contributed by atoms with Gasteiger partial charge in [-0.1, -0.05) is 30.3 Å². The maximum atomic E-state index is 12.7. The molecule has 9 nitrogen and oxygen atoms in total. The van der Waals surface area contributed by atoms with Crippen LogP contribution in [0.4, 0.5) is 10.5 Å². The number of aromatic nitrogens is 2. The van der Waals surface area contributed by atoms with Crippen LogP contribution in [0, 0.1) is 6.92 Å². The zero-order valence-corrected chi connectivity index (χ0v) is 19.7. The lowest BCUT2D eigenvalue weighted by atomic mass is 10.1. The third-order valence-corrected chi connectivity index (χ3v) is 4.68. The highest BCUT2D eigenvalue weighted by atomic mass is 16.6. The molecule has 2 aromatic carbocycles. The molecular weight excluding hydrogens is 434 g/mol. The summed E-state index contributed by atoms with van der Waals surface area (Å²) < 4.78 is 5.34. The van der Waals surface area contributed by atoms with E-state index in [9.17, 15) is 14.4 Å². The van der Waals surface area contributed by atoms with Crippen LogP contribution in [0.15, 0.2) is 64.4 Å². The maximum Gasteiger partial charge on any atom is 0.414 e. The highest BCUT2D eigenvalue weighted by molar-refractivity contribution is 6.09. The molecule has 178 valence electrons. The van der Waals surface area contributed by atoms with Gasteiger partial charge < -0.3 is 20.0 Å². The lowest BCUT2D eigenvalue weighted by Crippen LogP contribution is -2.40. The van der Waals surface area contributed by atoms with E-state index >= 15 is 0 Å². The van der Waals surface area contributed by atoms with Gasteiger partial charge in [-0.25, -0.2) is 9.59 Å². The molecule has 4 N–H and O–H groups in total. The number of nitrogens with one attached hydrogen (secondary N) is 4. The predicted molar refractivity (Wildman–Crippen MR) is 131 cm³/mol. The number of benzene rings is 2. The Hall–Kier alpha value is -4.14. The number of ketones is 1. The fourth-order valence-electron chi connectivity index (χ4n) is 3.14. The Kier molecular flexibility index (Phi) is 7.68. The van der Waals surface area contributed by atoms with Gasteiger partial charge in [0.05, 0.1) is 0 Å². The van der Waals surface area contributed by atoms with E-state index in [0.717, 1.165) is 5.56 Å². The Morgan fingerprint density at radius 3 is 2.26 bits per heavy atom. The number of ether oxygens (including phenoxy) is 1. The third-order valence-electron chi connectivity index (χ3n) is 4.68. The second-order valence-electron chi connectivity index (χ2n) is 8.70. The summed E-state index contributed by atoms with van der Waals surface area (Å²) in [5.41, 5.74) is 1.77. The van der Waals surface area contributed by atoms with E-state index in [4.69, 9.17) is 4.74 Å². The summed E-state index contributed by atoms with van der Waals surface area (Å²) in [4.78, 5) is 45.9. The van der Waals surface area contributed by atoms with Crippen molar-refractivity contribution in [3.63, 3.8) is 0 Å². The molecule has 0 aliphatic carbocycles. The molecule has 0 saturated carbocycles. The molecule has 9 heteroatoms. The van der Waals surface area contributed by atoms with E-state index in [1.807, 2.05) is 30.3 Å². The fraction of sp³-hybridized carbons (Fsp3) is 0.280. The Morgan fingerprint density at radius 1 is 1.00 bits per heavy atom. The Balaban J connectivity index is 1.73. The molecule has 0 radical (unpaired) electrons. The SMILES string of the molecule is Cc1[nH]c(=O)[nH]c1C(=O)c1ccc(NC(=NCCc2ccccc2)NC(=O)OC(C)(C)C)cc1. The number of hydrogen-bond donors (Lipinski definition) is 4. The second-order valence-corrected chi connectivity index (χ2v) is 8.70. The summed E-state index contributed by atoms with van der Waals surface area (Å²) in [6.45, 7) is 7.44. The molecule has 0 aliphatic rings. The number of hydrogen-bond acceptors (Lipinski definition) is 5. The molecule has 0 fully saturated rings. The van der Waals surface area contributed by atoms with Crippen molar-refractivity contribution in [1.29, 1.82) is 0 Å². The maximum absolute atomic E-state index is 12.7. The largest absolute Gasteiger partial charge is 0.444 e. The van der Waals surface area contributed by atoms with Gasteiger partial charge in [-0.3, -0.25) is 15.1 Å². The number of alkyl carbamates (subject to hydrolysis) is 1. The number of imidazole rings is 1. The highest BCUT2D eigenvalue weighted by Gasteiger charge is 2.18. The molecule has 0 aliphatic heterocycles. The highest BCUT2D eigenvalue weighted by Crippen LogP contribution is 2.14. The summed E-state index contributed by atoms with van der Waals surface area (Å²) in [6, 6.07) is 16.5. The predicted octanol–water partition coefficient (Wildman–Crippen LogP) is 3.78. The van der Waals surface area contributed by atoms with E-state index < -0.39 is 17.4 Å². The fourth-order valence-corrected chi connectivity index (χ4v) is 3.14. The van der Waals surface area contributed by atoms with E-state index in [1.165, 1.54) is 0 Å². The number of carbonyl (C=O) groups is 2. The summed E-state index contributed by atoms with van der Waals surface area (Å²) in [6.07, 6.45) is 0.0704. The van der Waals surface area contributed by atoms with Gasteiger partial charge in [0, 0.05) is 23.5 Å². The number of aryl methyl sites for hydroxylation is 1. The van der Waals surface area contributed by atoms with Gasteiger partial charge in [-0.05, 0) is 63.9 Å². The summed E-state index contributed by atoms with van der Waals surface area (Å²) in [7, 11) is 0. The molecule has 0 atom stereocenters. The molecule has 3 aromatic rings. The van der Waals surface area contributed by atoms with Gasteiger partial charge in [0.2, 0.25) is 11.7 Å². The van der Waals surface area contributed by atoms with Crippen molar-refractivity contribution in [2.45, 2.75) is 39.7 Å². The summed E-state index contributed by atoms with van der Waals surface area (Å²) >= 11 is 0. The zero-order valence-electron chi connectivity index (χ0n) is 19.7. The van der Waals surface area contributed by atoms with E-state index in [2.05, 4.69) is 25.6 Å². The van der Waals surface area contributed by atoms with Crippen molar-refractivity contribution >= 4 is 23.5 Å². The number of carbonyl (C=O) groups excluding carboxylic acids is 2. The van der Waals surface area contributed by atoms with Crippen molar-refractivity contribution in [2.75, 3.05) is 11.9 Å². The lowest BCUT2D eigenvalue weighted by molar-refractivity contribution is 0.0563. The first-order valence-corrected chi connectivity index (χ1v) is 10.9. The van der Waals surface area contributed by atoms with E-state index in [0.29, 0.717) is 29.9 Å². The minimum atomic E-state index is -0.654. The molecule has 0 bridgehead atoms. The topological polar surface area (TPSA) is 128 Å². The molecule has 1 amide bonds. The van der Waals surface area contributed by atoms with Gasteiger partial charge in [0.15, 0.2) is 0 Å². The number of amides is 1. The van der Waals surface area contributed by atoms with Crippen LogP contribution in [-0.4, -0.2) is 39.9 Å². The number of rotatable bonds is 6. The average molecular weight is 464 g/mol. The zero-order chi connectivity index (χ0) is 24.7. The van der Waals surface area contributed by atoms with Gasteiger partial charge in [-0.2, -0.15) is 0 Å². The van der Waals surface area contributed by atoms with Gasteiger partial charge >= 0.3 is 11.8 Å². The normalized spacial score (nSPS) is 11.7. The number of aromatic amines is 2. The molecule has 0 saturated heterocycles. The van der Waals surface area contributed by atoms with Crippen molar-refractivity contribution < 1.29 is 14.3 Å². The number of guanidine groups is 1. The van der Waals surface area contributed by atoms with E-state index in [-0.39, 0.29) is 17.4 Å². The Bertz CT molecular complexity index is 1220. The van der Waals surface area contributed by atoms with E-state index in [1.54, 1.807) is 52.0 Å². The van der Waals surface area contributed by atoms with Gasteiger partial charge in [-0.15, -0.1) is 0 Å². The van der Waals surface area contributed by atoms with Crippen LogP contribution in [0.2, 0.25) is 0 Å². The number of H-pyrrole nitrogens is 2. The monoisotopic (exact) mass is 463 g/mol. The van der Waals surface area contributed by atoms with Crippen LogP contribution in [0.25, 0.3) is 0 Å². The molecule has 0 spiro atoms. The molecule has 0 unspecified atom stereocenters. The second kappa shape index (κ2) is 10.7. The van der Waals surface area contributed by atoms with Gasteiger partial charge in [0.1, 0.15) is 11.3 Å². The molecular formula is C25H29N5O4. The van der Waals surface area contributed by atoms with Gasteiger partial charge in [0.25, 0.3) is 0 Å². The van der Waals surface area contributed by atoms with Crippen molar-refractivity contribution in [1.82, 2.24) is 15.3 Å². The van der Waals surface area contributed by atoms with Crippen molar-refractivity contribution in [3.8, 4) is 0 Å². The van der Waals surface area contributed by atoms with Crippen LogP contribution in [0.1, 0.15) is 48.1 Å². The van der Waals surface area contributed by atoms with Crippen LogP contribution >= 0.6 is 0 Å². The Labute approximate surface area is 197 Å². The van der Waals surface area contributed by atoms with Crippen LogP contribution in [0.3, 0.4) is 0 Å². The minimum Gasteiger partial charge on any atom is -0.444 e. The minimum absolute atomic E-state index is 0.223. The van der Waals surface area contributed by atoms with Crippen LogP contribution < -0.4 is 16.3 Å². The molecule has 34 heavy (non-hydrogen) atoms. The number of anilines is 1. The molecule has 1 heterocycles. The van der Waals surface area contributed by atoms with Crippen LogP contribution in [0.5, 0.6) is 0 Å². The third kappa shape index (κ3) is 7.19. The lowest BCUT2D eigenvalue weighted by Gasteiger charge is -2.20. The summed E-state index contributed by atoms with van der Waals surface area (Å²) in [5, 5.41) is 5.71. The number of aliphatic imine (C=N–C) groups is 1. The van der Waals surface area contributed by atoms with Crippen LogP contribution in [-0.2, 0) is 11.2 Å². The Morgan fingerprint density at radius 2 is 1.68 bits per heavy atom. The first-order chi connectivity index (χ1) is 16.1. The van der Waals surface area contributed by atoms with Crippen molar-refractivity contribution in [3.05, 3.63) is 87.6 Å². The molecule has 1 aromatic heterocycles. The average Bonchev–Trinajstić information content (AvgIpc) is 3.11. The summed E-state index contributed by atoms with van der Waals surface area (Å²) in [5.74, 6) is -0.0684.